The Hall–Kier alpha value is -5.92. The molecule has 0 aliphatic rings. The molecule has 0 unspecified atom stereocenters. The van der Waals surface area contributed by atoms with Crippen molar-refractivity contribution >= 4 is 29.2 Å². The van der Waals surface area contributed by atoms with Crippen LogP contribution in [0, 0.1) is 0 Å². The molecule has 0 heterocycles. The first kappa shape index (κ1) is 27.9. The SMILES string of the molecule is C(=C\c1ccccc1N(c1ccc(-c2ccc(-c3ccccc3)cc2)cc1)c1ccccc1-c1ccccc1)/c1ccccc1. The third-order valence-electron chi connectivity index (χ3n) is 8.11. The minimum absolute atomic E-state index is 1.10. The summed E-state index contributed by atoms with van der Waals surface area (Å²) in [6.07, 6.45) is 4.40. The molecule has 0 atom stereocenters. The highest BCUT2D eigenvalue weighted by Gasteiger charge is 2.19. The smallest absolute Gasteiger partial charge is 0.0540 e. The van der Waals surface area contributed by atoms with E-state index in [4.69, 9.17) is 0 Å². The molecule has 45 heavy (non-hydrogen) atoms. The number of nitrogens with zero attached hydrogens (tertiary/aromatic N) is 1. The molecule has 0 aliphatic carbocycles. The molecule has 0 aromatic heterocycles. The topological polar surface area (TPSA) is 3.24 Å². The summed E-state index contributed by atoms with van der Waals surface area (Å²) in [5.74, 6) is 0. The van der Waals surface area contributed by atoms with Gasteiger partial charge in [-0.25, -0.2) is 0 Å². The second-order valence-corrected chi connectivity index (χ2v) is 11.0. The standard InChI is InChI=1S/C44H33N/c1-4-14-34(15-5-1)24-25-40-20-10-12-22-43(40)45(44-23-13-11-21-42(44)39-18-8-3-9-19-39)41-32-30-38(31-33-41)37-28-26-36(27-29-37)35-16-6-2-7-17-35/h1-33H/b25-24+. The number of hydrogen-bond donors (Lipinski definition) is 0. The summed E-state index contributed by atoms with van der Waals surface area (Å²) in [5, 5.41) is 0. The largest absolute Gasteiger partial charge is 0.309 e. The van der Waals surface area contributed by atoms with Gasteiger partial charge in [-0.3, -0.25) is 0 Å². The van der Waals surface area contributed by atoms with Crippen LogP contribution in [-0.4, -0.2) is 0 Å². The second-order valence-electron chi connectivity index (χ2n) is 11.0. The zero-order valence-corrected chi connectivity index (χ0v) is 25.0. The fraction of sp³-hybridized carbons (Fsp3) is 0. The van der Waals surface area contributed by atoms with Gasteiger partial charge in [0.25, 0.3) is 0 Å². The van der Waals surface area contributed by atoms with Crippen molar-refractivity contribution in [2.75, 3.05) is 4.90 Å². The molecule has 7 aromatic rings. The molecule has 0 spiro atoms. The van der Waals surface area contributed by atoms with E-state index in [0.29, 0.717) is 0 Å². The quantitative estimate of drug-likeness (QED) is 0.163. The maximum absolute atomic E-state index is 2.38. The molecule has 0 bridgehead atoms. The van der Waals surface area contributed by atoms with Crippen LogP contribution in [0.4, 0.5) is 17.1 Å². The van der Waals surface area contributed by atoms with Gasteiger partial charge in [0.1, 0.15) is 0 Å². The lowest BCUT2D eigenvalue weighted by Gasteiger charge is -2.29. The van der Waals surface area contributed by atoms with E-state index in [1.807, 2.05) is 0 Å². The third kappa shape index (κ3) is 6.25. The van der Waals surface area contributed by atoms with E-state index in [1.54, 1.807) is 0 Å². The predicted octanol–water partition coefficient (Wildman–Crippen LogP) is 12.3. The van der Waals surface area contributed by atoms with Crippen LogP contribution >= 0.6 is 0 Å². The van der Waals surface area contributed by atoms with Crippen molar-refractivity contribution in [2.24, 2.45) is 0 Å². The first-order chi connectivity index (χ1) is 22.3. The predicted molar refractivity (Wildman–Crippen MR) is 193 cm³/mol. The fourth-order valence-corrected chi connectivity index (χ4v) is 5.81. The molecular weight excluding hydrogens is 542 g/mol. The molecule has 214 valence electrons. The van der Waals surface area contributed by atoms with Gasteiger partial charge in [0, 0.05) is 11.3 Å². The van der Waals surface area contributed by atoms with Gasteiger partial charge in [0.2, 0.25) is 0 Å². The molecule has 0 saturated heterocycles. The lowest BCUT2D eigenvalue weighted by Crippen LogP contribution is -2.12. The van der Waals surface area contributed by atoms with E-state index >= 15 is 0 Å². The zero-order chi connectivity index (χ0) is 30.3. The highest BCUT2D eigenvalue weighted by atomic mass is 15.1. The summed E-state index contributed by atoms with van der Waals surface area (Å²) in [6.45, 7) is 0. The van der Waals surface area contributed by atoms with Crippen LogP contribution in [0.15, 0.2) is 188 Å². The lowest BCUT2D eigenvalue weighted by atomic mass is 9.99. The molecule has 0 amide bonds. The molecule has 0 saturated carbocycles. The number of benzene rings is 7. The van der Waals surface area contributed by atoms with Crippen molar-refractivity contribution < 1.29 is 0 Å². The van der Waals surface area contributed by atoms with Crippen molar-refractivity contribution in [3.63, 3.8) is 0 Å². The van der Waals surface area contributed by atoms with Gasteiger partial charge in [0.15, 0.2) is 0 Å². The Kier molecular flexibility index (Phi) is 8.15. The molecule has 0 fully saturated rings. The third-order valence-corrected chi connectivity index (χ3v) is 8.11. The van der Waals surface area contributed by atoms with Crippen molar-refractivity contribution in [1.82, 2.24) is 0 Å². The summed E-state index contributed by atoms with van der Waals surface area (Å²) in [7, 11) is 0. The Bertz CT molecular complexity index is 2010. The monoisotopic (exact) mass is 575 g/mol. The Balaban J connectivity index is 1.31. The Morgan fingerprint density at radius 1 is 0.311 bits per heavy atom. The average Bonchev–Trinajstić information content (AvgIpc) is 3.13. The van der Waals surface area contributed by atoms with Gasteiger partial charge in [-0.2, -0.15) is 0 Å². The van der Waals surface area contributed by atoms with E-state index in [-0.39, 0.29) is 0 Å². The van der Waals surface area contributed by atoms with Crippen LogP contribution in [0.1, 0.15) is 11.1 Å². The van der Waals surface area contributed by atoms with Gasteiger partial charge in [-0.15, -0.1) is 0 Å². The lowest BCUT2D eigenvalue weighted by molar-refractivity contribution is 1.28. The molecule has 0 N–H and O–H groups in total. The van der Waals surface area contributed by atoms with Gasteiger partial charge >= 0.3 is 0 Å². The number of rotatable bonds is 8. The summed E-state index contributed by atoms with van der Waals surface area (Å²) >= 11 is 0. The Morgan fingerprint density at radius 3 is 1.38 bits per heavy atom. The highest BCUT2D eigenvalue weighted by molar-refractivity contribution is 5.92. The van der Waals surface area contributed by atoms with Crippen LogP contribution in [-0.2, 0) is 0 Å². The van der Waals surface area contributed by atoms with Gasteiger partial charge in [0.05, 0.1) is 11.4 Å². The van der Waals surface area contributed by atoms with Crippen molar-refractivity contribution in [2.45, 2.75) is 0 Å². The normalized spacial score (nSPS) is 11.0. The van der Waals surface area contributed by atoms with Crippen LogP contribution in [0.5, 0.6) is 0 Å². The van der Waals surface area contributed by atoms with Crippen LogP contribution < -0.4 is 4.90 Å². The molecule has 7 aromatic carbocycles. The zero-order valence-electron chi connectivity index (χ0n) is 25.0. The van der Waals surface area contributed by atoms with E-state index in [0.717, 1.165) is 22.6 Å². The second kappa shape index (κ2) is 13.2. The van der Waals surface area contributed by atoms with Crippen LogP contribution in [0.25, 0.3) is 45.5 Å². The van der Waals surface area contributed by atoms with E-state index in [9.17, 15) is 0 Å². The van der Waals surface area contributed by atoms with Gasteiger partial charge in [-0.05, 0) is 63.2 Å². The fourth-order valence-electron chi connectivity index (χ4n) is 5.81. The molecule has 0 aliphatic heterocycles. The molecule has 1 nitrogen and oxygen atoms in total. The van der Waals surface area contributed by atoms with Crippen molar-refractivity contribution in [3.8, 4) is 33.4 Å². The number of anilines is 3. The first-order valence-electron chi connectivity index (χ1n) is 15.4. The minimum Gasteiger partial charge on any atom is -0.309 e. The summed E-state index contributed by atoms with van der Waals surface area (Å²) < 4.78 is 0. The van der Waals surface area contributed by atoms with Crippen LogP contribution in [0.2, 0.25) is 0 Å². The molecule has 0 radical (unpaired) electrons. The maximum atomic E-state index is 2.38. The number of hydrogen-bond acceptors (Lipinski definition) is 1. The van der Waals surface area contributed by atoms with Crippen molar-refractivity contribution in [1.29, 1.82) is 0 Å². The molecule has 7 rings (SSSR count). The summed E-state index contributed by atoms with van der Waals surface area (Å²) in [5.41, 5.74) is 12.9. The number of para-hydroxylation sites is 2. The van der Waals surface area contributed by atoms with E-state index in [2.05, 4.69) is 205 Å². The summed E-state index contributed by atoms with van der Waals surface area (Å²) in [6, 6.07) is 66.7. The Morgan fingerprint density at radius 2 is 0.756 bits per heavy atom. The average molecular weight is 576 g/mol. The minimum atomic E-state index is 1.10. The first-order valence-corrected chi connectivity index (χ1v) is 15.4. The van der Waals surface area contributed by atoms with Crippen LogP contribution in [0.3, 0.4) is 0 Å². The molecular formula is C44H33N. The molecule has 1 heteroatoms. The Labute approximate surface area is 266 Å². The summed E-state index contributed by atoms with van der Waals surface area (Å²) in [4.78, 5) is 2.38. The van der Waals surface area contributed by atoms with E-state index < -0.39 is 0 Å². The maximum Gasteiger partial charge on any atom is 0.0540 e. The van der Waals surface area contributed by atoms with Crippen molar-refractivity contribution in [3.05, 3.63) is 199 Å². The van der Waals surface area contributed by atoms with E-state index in [1.165, 1.54) is 38.9 Å². The van der Waals surface area contributed by atoms with Gasteiger partial charge in [-0.1, -0.05) is 176 Å². The highest BCUT2D eigenvalue weighted by Crippen LogP contribution is 2.42. The van der Waals surface area contributed by atoms with Gasteiger partial charge < -0.3 is 4.90 Å².